The lowest BCUT2D eigenvalue weighted by Crippen LogP contribution is -2.37. The van der Waals surface area contributed by atoms with E-state index in [0.29, 0.717) is 0 Å². The average Bonchev–Trinajstić information content (AvgIpc) is 2.58. The van der Waals surface area contributed by atoms with Gasteiger partial charge in [0.05, 0.1) is 16.7 Å². The minimum absolute atomic E-state index is 0.135. The van der Waals surface area contributed by atoms with Gasteiger partial charge < -0.3 is 5.32 Å². The standard InChI is InChI=1S/C21H26FNO3S/c1-15-5-11-18(12-6-15)27(25,26)14-13-19(24)23-20(21(2,3)4)16-7-9-17(22)10-8-16/h5-12,20H,13-14H2,1-4H3,(H,23,24). The molecule has 0 spiro atoms. The van der Waals surface area contributed by atoms with Gasteiger partial charge in [-0.1, -0.05) is 50.6 Å². The maximum absolute atomic E-state index is 13.2. The molecule has 2 aromatic rings. The first-order valence-corrected chi connectivity index (χ1v) is 10.5. The molecule has 1 unspecified atom stereocenters. The van der Waals surface area contributed by atoms with Crippen LogP contribution in [0.2, 0.25) is 0 Å². The van der Waals surface area contributed by atoms with Crippen LogP contribution in [0, 0.1) is 18.2 Å². The molecule has 4 nitrogen and oxygen atoms in total. The van der Waals surface area contributed by atoms with Crippen LogP contribution in [0.1, 0.15) is 44.4 Å². The maximum Gasteiger partial charge on any atom is 0.221 e. The van der Waals surface area contributed by atoms with Crippen LogP contribution in [0.25, 0.3) is 0 Å². The first-order valence-electron chi connectivity index (χ1n) is 8.83. The summed E-state index contributed by atoms with van der Waals surface area (Å²) in [5, 5.41) is 2.90. The van der Waals surface area contributed by atoms with Crippen LogP contribution >= 0.6 is 0 Å². The van der Waals surface area contributed by atoms with Gasteiger partial charge in [-0.2, -0.15) is 0 Å². The van der Waals surface area contributed by atoms with Crippen molar-refractivity contribution in [2.75, 3.05) is 5.75 Å². The Hall–Kier alpha value is -2.21. The number of nitrogens with one attached hydrogen (secondary N) is 1. The smallest absolute Gasteiger partial charge is 0.221 e. The Morgan fingerprint density at radius 3 is 2.11 bits per heavy atom. The fraction of sp³-hybridized carbons (Fsp3) is 0.381. The highest BCUT2D eigenvalue weighted by atomic mass is 32.2. The van der Waals surface area contributed by atoms with E-state index in [1.54, 1.807) is 36.4 Å². The second kappa shape index (κ2) is 8.21. The molecule has 0 bridgehead atoms. The molecule has 1 N–H and O–H groups in total. The molecule has 0 aliphatic rings. The molecule has 0 fully saturated rings. The third kappa shape index (κ3) is 5.89. The molecule has 1 atom stereocenters. The van der Waals surface area contributed by atoms with E-state index in [2.05, 4.69) is 5.32 Å². The molecule has 0 heterocycles. The zero-order chi connectivity index (χ0) is 20.2. The quantitative estimate of drug-likeness (QED) is 0.803. The molecular weight excluding hydrogens is 365 g/mol. The van der Waals surface area contributed by atoms with Crippen molar-refractivity contribution in [1.82, 2.24) is 5.32 Å². The van der Waals surface area contributed by atoms with Gasteiger partial charge in [-0.25, -0.2) is 12.8 Å². The van der Waals surface area contributed by atoms with Gasteiger partial charge in [-0.15, -0.1) is 0 Å². The first kappa shape index (κ1) is 21.1. The third-order valence-corrected chi connectivity index (χ3v) is 6.08. The molecule has 0 aromatic heterocycles. The van der Waals surface area contributed by atoms with Crippen molar-refractivity contribution in [3.63, 3.8) is 0 Å². The Balaban J connectivity index is 2.07. The predicted octanol–water partition coefficient (Wildman–Crippen LogP) is 4.20. The first-order chi connectivity index (χ1) is 12.5. The molecule has 1 amide bonds. The van der Waals surface area contributed by atoms with E-state index < -0.39 is 9.84 Å². The van der Waals surface area contributed by atoms with Crippen molar-refractivity contribution in [3.8, 4) is 0 Å². The van der Waals surface area contributed by atoms with Crippen LogP contribution in [-0.4, -0.2) is 20.1 Å². The van der Waals surface area contributed by atoms with E-state index in [9.17, 15) is 17.6 Å². The van der Waals surface area contributed by atoms with Crippen LogP contribution in [-0.2, 0) is 14.6 Å². The van der Waals surface area contributed by atoms with Gasteiger partial charge in [0.15, 0.2) is 9.84 Å². The van der Waals surface area contributed by atoms with Crippen LogP contribution in [0.15, 0.2) is 53.4 Å². The van der Waals surface area contributed by atoms with Crippen LogP contribution in [0.5, 0.6) is 0 Å². The topological polar surface area (TPSA) is 63.2 Å². The number of rotatable bonds is 6. The summed E-state index contributed by atoms with van der Waals surface area (Å²) in [6, 6.07) is 12.2. The lowest BCUT2D eigenvalue weighted by atomic mass is 9.82. The molecular formula is C21H26FNO3S. The van der Waals surface area contributed by atoms with Crippen LogP contribution < -0.4 is 5.32 Å². The van der Waals surface area contributed by atoms with Crippen LogP contribution in [0.4, 0.5) is 4.39 Å². The number of carbonyl (C=O) groups excluding carboxylic acids is 1. The zero-order valence-electron chi connectivity index (χ0n) is 16.1. The molecule has 0 saturated carbocycles. The van der Waals surface area contributed by atoms with E-state index in [1.807, 2.05) is 27.7 Å². The highest BCUT2D eigenvalue weighted by Gasteiger charge is 2.28. The molecule has 0 radical (unpaired) electrons. The average molecular weight is 392 g/mol. The summed E-state index contributed by atoms with van der Waals surface area (Å²) in [7, 11) is -3.52. The molecule has 146 valence electrons. The van der Waals surface area contributed by atoms with E-state index in [1.165, 1.54) is 12.1 Å². The number of benzene rings is 2. The monoisotopic (exact) mass is 391 g/mol. The Morgan fingerprint density at radius 2 is 1.59 bits per heavy atom. The number of hydrogen-bond acceptors (Lipinski definition) is 3. The Bertz CT molecular complexity index is 883. The van der Waals surface area contributed by atoms with Crippen molar-refractivity contribution < 1.29 is 17.6 Å². The van der Waals surface area contributed by atoms with Crippen molar-refractivity contribution in [1.29, 1.82) is 0 Å². The number of aryl methyl sites for hydroxylation is 1. The molecule has 2 rings (SSSR count). The van der Waals surface area contributed by atoms with Gasteiger partial charge in [0.25, 0.3) is 0 Å². The summed E-state index contributed by atoms with van der Waals surface area (Å²) >= 11 is 0. The number of amides is 1. The molecule has 2 aromatic carbocycles. The molecule has 27 heavy (non-hydrogen) atoms. The largest absolute Gasteiger partial charge is 0.349 e. The van der Waals surface area contributed by atoms with Crippen molar-refractivity contribution in [2.24, 2.45) is 5.41 Å². The SMILES string of the molecule is Cc1ccc(S(=O)(=O)CCC(=O)NC(c2ccc(F)cc2)C(C)(C)C)cc1. The van der Waals surface area contributed by atoms with Crippen molar-refractivity contribution in [3.05, 3.63) is 65.5 Å². The summed E-state index contributed by atoms with van der Waals surface area (Å²) in [5.74, 6) is -0.959. The Morgan fingerprint density at radius 1 is 1.04 bits per heavy atom. The summed E-state index contributed by atoms with van der Waals surface area (Å²) in [4.78, 5) is 12.6. The van der Waals surface area contributed by atoms with Gasteiger partial charge in [0, 0.05) is 6.42 Å². The zero-order valence-corrected chi connectivity index (χ0v) is 16.9. The summed E-state index contributed by atoms with van der Waals surface area (Å²) in [5.41, 5.74) is 1.43. The van der Waals surface area contributed by atoms with Gasteiger partial charge in [0.1, 0.15) is 5.82 Å². The van der Waals surface area contributed by atoms with Crippen molar-refractivity contribution in [2.45, 2.75) is 45.1 Å². The molecule has 0 aliphatic carbocycles. The lowest BCUT2D eigenvalue weighted by molar-refractivity contribution is -0.122. The second-order valence-electron chi connectivity index (χ2n) is 7.80. The number of hydrogen-bond donors (Lipinski definition) is 1. The number of carbonyl (C=O) groups is 1. The van der Waals surface area contributed by atoms with Crippen molar-refractivity contribution >= 4 is 15.7 Å². The van der Waals surface area contributed by atoms with Gasteiger partial charge in [0.2, 0.25) is 5.91 Å². The van der Waals surface area contributed by atoms with Gasteiger partial charge in [-0.3, -0.25) is 4.79 Å². The maximum atomic E-state index is 13.2. The minimum Gasteiger partial charge on any atom is -0.349 e. The van der Waals surface area contributed by atoms with E-state index in [-0.39, 0.29) is 40.3 Å². The molecule has 0 aliphatic heterocycles. The van der Waals surface area contributed by atoms with Gasteiger partial charge in [-0.05, 0) is 42.2 Å². The third-order valence-electron chi connectivity index (χ3n) is 4.35. The highest BCUT2D eigenvalue weighted by molar-refractivity contribution is 7.91. The number of halogens is 1. The Kier molecular flexibility index (Phi) is 6.42. The molecule has 6 heteroatoms. The van der Waals surface area contributed by atoms with E-state index in [4.69, 9.17) is 0 Å². The van der Waals surface area contributed by atoms with Gasteiger partial charge >= 0.3 is 0 Å². The van der Waals surface area contributed by atoms with E-state index in [0.717, 1.165) is 11.1 Å². The second-order valence-corrected chi connectivity index (χ2v) is 9.91. The summed E-state index contributed by atoms with van der Waals surface area (Å²) in [6.45, 7) is 7.77. The highest BCUT2D eigenvalue weighted by Crippen LogP contribution is 2.33. The lowest BCUT2D eigenvalue weighted by Gasteiger charge is -2.32. The summed E-state index contributed by atoms with van der Waals surface area (Å²) < 4.78 is 38.0. The van der Waals surface area contributed by atoms with Crippen LogP contribution in [0.3, 0.4) is 0 Å². The fourth-order valence-electron chi connectivity index (χ4n) is 2.78. The molecule has 0 saturated heterocycles. The predicted molar refractivity (Wildman–Crippen MR) is 105 cm³/mol. The Labute approximate surface area is 160 Å². The number of sulfone groups is 1. The fourth-order valence-corrected chi connectivity index (χ4v) is 4.02. The summed E-state index contributed by atoms with van der Waals surface area (Å²) in [6.07, 6.45) is -0.135. The normalized spacial score (nSPS) is 13.2. The van der Waals surface area contributed by atoms with E-state index >= 15 is 0 Å². The minimum atomic E-state index is -3.52.